The van der Waals surface area contributed by atoms with Crippen LogP contribution in [0.25, 0.3) is 0 Å². The van der Waals surface area contributed by atoms with Crippen LogP contribution in [0, 0.1) is 5.92 Å². The molecule has 2 fully saturated rings. The fourth-order valence-electron chi connectivity index (χ4n) is 3.84. The molecule has 5 heteroatoms. The molecule has 2 aromatic heterocycles. The minimum atomic E-state index is 0.0348. The zero-order valence-corrected chi connectivity index (χ0v) is 13.8. The molecular formula is C19H23N3O2. The average molecular weight is 325 g/mol. The van der Waals surface area contributed by atoms with E-state index >= 15 is 0 Å². The highest BCUT2D eigenvalue weighted by molar-refractivity contribution is 5.15. The monoisotopic (exact) mass is 325 g/mol. The van der Waals surface area contributed by atoms with Crippen molar-refractivity contribution in [1.82, 2.24) is 14.9 Å². The van der Waals surface area contributed by atoms with E-state index < -0.39 is 0 Å². The molecule has 0 saturated carbocycles. The molecule has 24 heavy (non-hydrogen) atoms. The van der Waals surface area contributed by atoms with Gasteiger partial charge >= 0.3 is 0 Å². The molecule has 0 unspecified atom stereocenters. The van der Waals surface area contributed by atoms with E-state index in [1.165, 1.54) is 0 Å². The van der Waals surface area contributed by atoms with Crippen LogP contribution in [0.1, 0.15) is 18.5 Å². The number of likely N-dealkylation sites (tertiary alicyclic amines) is 1. The van der Waals surface area contributed by atoms with Gasteiger partial charge in [-0.25, -0.2) is 0 Å². The number of pyridine rings is 2. The molecule has 1 atom stereocenters. The first-order valence-corrected chi connectivity index (χ1v) is 8.63. The molecule has 0 radical (unpaired) electrons. The fourth-order valence-corrected chi connectivity index (χ4v) is 3.84. The van der Waals surface area contributed by atoms with Crippen molar-refractivity contribution in [2.24, 2.45) is 5.92 Å². The van der Waals surface area contributed by atoms with E-state index in [4.69, 9.17) is 9.47 Å². The molecule has 2 aliphatic rings. The second kappa shape index (κ2) is 6.87. The fraction of sp³-hybridized carbons (Fsp3) is 0.474. The van der Waals surface area contributed by atoms with Crippen molar-refractivity contribution in [3.05, 3.63) is 54.6 Å². The first-order valence-electron chi connectivity index (χ1n) is 8.63. The van der Waals surface area contributed by atoms with Crippen LogP contribution >= 0.6 is 0 Å². The summed E-state index contributed by atoms with van der Waals surface area (Å²) in [5.74, 6) is 1.42. The van der Waals surface area contributed by atoms with Crippen LogP contribution in [0.4, 0.5) is 0 Å². The van der Waals surface area contributed by atoms with Crippen LogP contribution in [0.2, 0.25) is 0 Å². The Kier molecular flexibility index (Phi) is 4.45. The highest BCUT2D eigenvalue weighted by Gasteiger charge is 2.52. The third-order valence-electron chi connectivity index (χ3n) is 5.06. The standard InChI is InChI=1S/C19H23N3O2/c1-2-9-21-17(4-1)13-22-14-19(15-22)16(7-11-24-19)6-10-23-18-5-3-8-20-12-18/h1-5,8-9,12,16H,6-7,10-11,13-15H2/t16-/m1/s1. The summed E-state index contributed by atoms with van der Waals surface area (Å²) >= 11 is 0. The Bertz CT molecular complexity index is 644. The molecule has 126 valence electrons. The van der Waals surface area contributed by atoms with Gasteiger partial charge in [0.2, 0.25) is 0 Å². The van der Waals surface area contributed by atoms with Crippen molar-refractivity contribution in [3.63, 3.8) is 0 Å². The van der Waals surface area contributed by atoms with E-state index in [0.29, 0.717) is 5.92 Å². The minimum Gasteiger partial charge on any atom is -0.492 e. The van der Waals surface area contributed by atoms with Crippen LogP contribution in [-0.4, -0.2) is 46.8 Å². The Labute approximate surface area is 142 Å². The summed E-state index contributed by atoms with van der Waals surface area (Å²) in [6.07, 6.45) is 7.55. The lowest BCUT2D eigenvalue weighted by molar-refractivity contribution is -0.138. The van der Waals surface area contributed by atoms with Crippen molar-refractivity contribution in [1.29, 1.82) is 0 Å². The van der Waals surface area contributed by atoms with Gasteiger partial charge < -0.3 is 9.47 Å². The number of rotatable bonds is 6. The van der Waals surface area contributed by atoms with Gasteiger partial charge in [0.1, 0.15) is 5.75 Å². The van der Waals surface area contributed by atoms with Crippen LogP contribution in [-0.2, 0) is 11.3 Å². The van der Waals surface area contributed by atoms with E-state index in [1.54, 1.807) is 12.4 Å². The molecule has 2 aromatic rings. The van der Waals surface area contributed by atoms with Gasteiger partial charge in [0.15, 0.2) is 0 Å². The third-order valence-corrected chi connectivity index (χ3v) is 5.06. The number of hydrogen-bond acceptors (Lipinski definition) is 5. The van der Waals surface area contributed by atoms with Gasteiger partial charge in [0.25, 0.3) is 0 Å². The summed E-state index contributed by atoms with van der Waals surface area (Å²) in [4.78, 5) is 10.9. The Morgan fingerprint density at radius 2 is 2.17 bits per heavy atom. The first kappa shape index (κ1) is 15.5. The zero-order chi connectivity index (χ0) is 16.2. The van der Waals surface area contributed by atoms with Gasteiger partial charge in [0, 0.05) is 38.6 Å². The van der Waals surface area contributed by atoms with Crippen molar-refractivity contribution in [2.75, 3.05) is 26.3 Å². The van der Waals surface area contributed by atoms with Crippen molar-refractivity contribution in [3.8, 4) is 5.75 Å². The van der Waals surface area contributed by atoms with Crippen molar-refractivity contribution >= 4 is 0 Å². The lowest BCUT2D eigenvalue weighted by Crippen LogP contribution is -2.64. The molecular weight excluding hydrogens is 302 g/mol. The summed E-state index contributed by atoms with van der Waals surface area (Å²) in [7, 11) is 0. The highest BCUT2D eigenvalue weighted by Crippen LogP contribution is 2.42. The Hall–Kier alpha value is -1.98. The maximum absolute atomic E-state index is 6.13. The largest absolute Gasteiger partial charge is 0.492 e. The summed E-state index contributed by atoms with van der Waals surface area (Å²) in [5, 5.41) is 0. The molecule has 0 aromatic carbocycles. The predicted molar refractivity (Wildman–Crippen MR) is 90.7 cm³/mol. The smallest absolute Gasteiger partial charge is 0.137 e. The normalized spacial score (nSPS) is 22.4. The third kappa shape index (κ3) is 3.28. The number of hydrogen-bond donors (Lipinski definition) is 0. The van der Waals surface area contributed by atoms with Crippen LogP contribution < -0.4 is 4.74 Å². The summed E-state index contributed by atoms with van der Waals surface area (Å²) in [5.41, 5.74) is 1.16. The van der Waals surface area contributed by atoms with Crippen LogP contribution in [0.15, 0.2) is 48.9 Å². The van der Waals surface area contributed by atoms with E-state index in [-0.39, 0.29) is 5.60 Å². The average Bonchev–Trinajstić information content (AvgIpc) is 3.00. The second-order valence-electron chi connectivity index (χ2n) is 6.69. The molecule has 4 heterocycles. The molecule has 0 aliphatic carbocycles. The topological polar surface area (TPSA) is 47.5 Å². The predicted octanol–water partition coefficient (Wildman–Crippen LogP) is 2.54. The van der Waals surface area contributed by atoms with Gasteiger partial charge in [-0.1, -0.05) is 6.07 Å². The van der Waals surface area contributed by atoms with E-state index in [9.17, 15) is 0 Å². The second-order valence-corrected chi connectivity index (χ2v) is 6.69. The molecule has 0 bridgehead atoms. The van der Waals surface area contributed by atoms with Crippen molar-refractivity contribution < 1.29 is 9.47 Å². The van der Waals surface area contributed by atoms with Gasteiger partial charge in [-0.15, -0.1) is 0 Å². The number of nitrogens with zero attached hydrogens (tertiary/aromatic N) is 3. The molecule has 2 aliphatic heterocycles. The Morgan fingerprint density at radius 1 is 1.21 bits per heavy atom. The quantitative estimate of drug-likeness (QED) is 0.817. The van der Waals surface area contributed by atoms with Crippen molar-refractivity contribution in [2.45, 2.75) is 25.0 Å². The SMILES string of the molecule is c1ccc(CN2CC3(C2)OCC[C@H]3CCOc2cccnc2)nc1. The van der Waals surface area contributed by atoms with E-state index in [1.807, 2.05) is 30.5 Å². The summed E-state index contributed by atoms with van der Waals surface area (Å²) in [6, 6.07) is 9.94. The first-order chi connectivity index (χ1) is 11.8. The maximum atomic E-state index is 6.13. The van der Waals surface area contributed by atoms with Gasteiger partial charge in [0.05, 0.1) is 24.1 Å². The molecule has 0 N–H and O–H groups in total. The maximum Gasteiger partial charge on any atom is 0.137 e. The molecule has 2 saturated heterocycles. The molecule has 0 amide bonds. The molecule has 1 spiro atoms. The van der Waals surface area contributed by atoms with Gasteiger partial charge in [-0.2, -0.15) is 0 Å². The summed E-state index contributed by atoms with van der Waals surface area (Å²) in [6.45, 7) is 4.50. The highest BCUT2D eigenvalue weighted by atomic mass is 16.5. The lowest BCUT2D eigenvalue weighted by Gasteiger charge is -2.50. The Morgan fingerprint density at radius 3 is 2.96 bits per heavy atom. The van der Waals surface area contributed by atoms with E-state index in [0.717, 1.165) is 57.1 Å². The van der Waals surface area contributed by atoms with Crippen LogP contribution in [0.3, 0.4) is 0 Å². The minimum absolute atomic E-state index is 0.0348. The number of ether oxygens (including phenoxy) is 2. The van der Waals surface area contributed by atoms with E-state index in [2.05, 4.69) is 20.9 Å². The number of aromatic nitrogens is 2. The van der Waals surface area contributed by atoms with Crippen LogP contribution in [0.5, 0.6) is 5.75 Å². The molecule has 5 nitrogen and oxygen atoms in total. The Balaban J connectivity index is 1.27. The zero-order valence-electron chi connectivity index (χ0n) is 13.8. The van der Waals surface area contributed by atoms with Gasteiger partial charge in [-0.3, -0.25) is 14.9 Å². The van der Waals surface area contributed by atoms with Gasteiger partial charge in [-0.05, 0) is 43.0 Å². The lowest BCUT2D eigenvalue weighted by atomic mass is 9.79. The molecule has 4 rings (SSSR count). The summed E-state index contributed by atoms with van der Waals surface area (Å²) < 4.78 is 11.9.